The Morgan fingerprint density at radius 2 is 0.538 bits per heavy atom. The number of fused-ring (bicyclic) bond motifs is 12. The number of nitrogens with two attached hydrogens (primary N) is 1. The minimum Gasteiger partial charge on any atom is -0.693 e. The second-order valence-electron chi connectivity index (χ2n) is 19.9. The molecule has 0 radical (unpaired) electrons. The van der Waals surface area contributed by atoms with Crippen molar-refractivity contribution in [3.8, 4) is 44.5 Å². The normalized spacial score (nSPS) is 15.6. The second kappa shape index (κ2) is 16.2. The van der Waals surface area contributed by atoms with Crippen LogP contribution in [0.4, 0.5) is 17.1 Å². The van der Waals surface area contributed by atoms with E-state index in [0.717, 1.165) is 4.47 Å². The minimum atomic E-state index is -0.0268. The molecule has 0 bridgehead atoms. The van der Waals surface area contributed by atoms with Crippen molar-refractivity contribution in [1.82, 2.24) is 0 Å². The summed E-state index contributed by atoms with van der Waals surface area (Å²) in [5.41, 5.74) is 25.7. The molecule has 0 aliphatic heterocycles. The molecule has 4 aliphatic rings. The van der Waals surface area contributed by atoms with Gasteiger partial charge in [0.25, 0.3) is 0 Å². The van der Waals surface area contributed by atoms with Crippen LogP contribution in [0, 0.1) is 0 Å². The van der Waals surface area contributed by atoms with Gasteiger partial charge in [-0.1, -0.05) is 200 Å². The quantitative estimate of drug-likeness (QED) is 0.163. The molecule has 320 valence electrons. The average Bonchev–Trinajstić information content (AvgIpc) is 3.84. The van der Waals surface area contributed by atoms with E-state index in [1.165, 1.54) is 106 Å². The number of hydrogen-bond donors (Lipinski definition) is 0. The fraction of sp³-hybridized carbons (Fsp3) is 0.213. The summed E-state index contributed by atoms with van der Waals surface area (Å²) in [5, 5.41) is 0. The fourth-order valence-corrected chi connectivity index (χ4v) is 12.0. The van der Waals surface area contributed by atoms with Gasteiger partial charge in [0, 0.05) is 43.2 Å². The van der Waals surface area contributed by atoms with Gasteiger partial charge in [0.2, 0.25) is 0 Å². The molecule has 0 heterocycles. The van der Waals surface area contributed by atoms with Crippen LogP contribution in [-0.4, -0.2) is 0 Å². The molecule has 4 heteroatoms. The van der Waals surface area contributed by atoms with E-state index in [1.807, 2.05) is 0 Å². The molecule has 8 aromatic carbocycles. The summed E-state index contributed by atoms with van der Waals surface area (Å²) in [6, 6.07) is 63.5. The molecule has 0 saturated heterocycles. The van der Waals surface area contributed by atoms with Gasteiger partial charge in [-0.05, 0) is 138 Å². The van der Waals surface area contributed by atoms with Crippen molar-refractivity contribution >= 4 is 33.0 Å². The summed E-state index contributed by atoms with van der Waals surface area (Å²) >= 11 is 3.55. The van der Waals surface area contributed by atoms with Crippen molar-refractivity contribution in [2.45, 2.75) is 84.5 Å². The topological polar surface area (TPSA) is 36.7 Å². The SMILES string of the molecule is C.CC1(C)c2ccccc2-c2cc(Br)ccc21.CC1(C)c2ccccc2-c2cc(N(c3ccc4c(c3)-c3ccccc3C4(C)C)c3ccc4c(c3)-c3ccccc3C4(C)C)ccc21.[Li+].[NH2-]. The monoisotopic (exact) mass is 904 g/mol. The van der Waals surface area contributed by atoms with Gasteiger partial charge in [-0.3, -0.25) is 0 Å². The molecule has 0 saturated carbocycles. The van der Waals surface area contributed by atoms with Crippen molar-refractivity contribution in [2.24, 2.45) is 0 Å². The standard InChI is InChI=1S/C45H39N.C15H13Br.CH4.Li.H2N/c1-43(2)37-16-10-7-13-31(37)34-25-28(19-22-40(34)43)46(29-20-23-41-35(26-29)32-14-8-11-17-38(32)44(41,3)4)30-21-24-42-36(27-30)33-15-9-12-18-39(33)45(42,5)6;1-15(2)13-6-4-3-5-11(13)12-9-10(16)7-8-14(12)15;;;/h7-27H,1-6H3;3-9H,1-2H3;1H4;;1H2/q;;;+1;-1. The molecule has 0 amide bonds. The van der Waals surface area contributed by atoms with Crippen LogP contribution in [0.5, 0.6) is 0 Å². The first-order valence-electron chi connectivity index (χ1n) is 22.1. The van der Waals surface area contributed by atoms with Crippen LogP contribution in [0.2, 0.25) is 0 Å². The maximum atomic E-state index is 3.55. The fourth-order valence-electron chi connectivity index (χ4n) is 11.7. The third-order valence-corrected chi connectivity index (χ3v) is 15.5. The maximum absolute atomic E-state index is 3.55. The van der Waals surface area contributed by atoms with E-state index >= 15 is 0 Å². The average molecular weight is 906 g/mol. The number of rotatable bonds is 3. The first kappa shape index (κ1) is 46.1. The van der Waals surface area contributed by atoms with Gasteiger partial charge >= 0.3 is 18.9 Å². The molecule has 2 N–H and O–H groups in total. The van der Waals surface area contributed by atoms with Crippen LogP contribution in [0.1, 0.15) is 107 Å². The van der Waals surface area contributed by atoms with E-state index in [9.17, 15) is 0 Å². The Bertz CT molecular complexity index is 2920. The first-order valence-corrected chi connectivity index (χ1v) is 22.9. The zero-order chi connectivity index (χ0) is 42.9. The largest absolute Gasteiger partial charge is 1.00 e. The molecule has 8 aromatic rings. The van der Waals surface area contributed by atoms with Gasteiger partial charge in [0.1, 0.15) is 0 Å². The molecule has 65 heavy (non-hydrogen) atoms. The minimum absolute atomic E-state index is 0. The number of anilines is 3. The predicted octanol–water partition coefficient (Wildman–Crippen LogP) is 15.2. The Hall–Kier alpha value is -5.40. The molecule has 0 fully saturated rings. The molecular weight excluding hydrogens is 848 g/mol. The second-order valence-corrected chi connectivity index (χ2v) is 20.8. The van der Waals surface area contributed by atoms with Crippen LogP contribution in [0.15, 0.2) is 174 Å². The molecule has 0 atom stereocenters. The third kappa shape index (κ3) is 6.76. The van der Waals surface area contributed by atoms with E-state index in [4.69, 9.17) is 0 Å². The van der Waals surface area contributed by atoms with E-state index in [-0.39, 0.29) is 54.1 Å². The number of halogens is 1. The number of hydrogen-bond acceptors (Lipinski definition) is 1. The van der Waals surface area contributed by atoms with E-state index in [1.54, 1.807) is 0 Å². The predicted molar refractivity (Wildman–Crippen MR) is 278 cm³/mol. The van der Waals surface area contributed by atoms with Gasteiger partial charge in [0.15, 0.2) is 0 Å². The molecular formula is C61H58BrLiN2. The zero-order valence-corrected chi connectivity index (χ0v) is 40.2. The van der Waals surface area contributed by atoms with Crippen molar-refractivity contribution in [3.05, 3.63) is 225 Å². The summed E-state index contributed by atoms with van der Waals surface area (Å²) in [4.78, 5) is 2.48. The number of nitrogens with zero attached hydrogens (tertiary/aromatic N) is 1. The Kier molecular flexibility index (Phi) is 11.5. The van der Waals surface area contributed by atoms with E-state index in [0.29, 0.717) is 0 Å². The molecule has 12 rings (SSSR count). The summed E-state index contributed by atoms with van der Waals surface area (Å²) in [7, 11) is 0. The Balaban J connectivity index is 0.000000257. The summed E-state index contributed by atoms with van der Waals surface area (Å²) in [6.45, 7) is 18.7. The van der Waals surface area contributed by atoms with Crippen LogP contribution in [0.25, 0.3) is 50.7 Å². The molecule has 2 nitrogen and oxygen atoms in total. The van der Waals surface area contributed by atoms with Crippen LogP contribution < -0.4 is 23.8 Å². The smallest absolute Gasteiger partial charge is 0.693 e. The van der Waals surface area contributed by atoms with Crippen LogP contribution >= 0.6 is 15.9 Å². The Labute approximate surface area is 408 Å². The van der Waals surface area contributed by atoms with Gasteiger partial charge < -0.3 is 11.1 Å². The van der Waals surface area contributed by atoms with Gasteiger partial charge in [0.05, 0.1) is 0 Å². The van der Waals surface area contributed by atoms with Gasteiger partial charge in [-0.25, -0.2) is 0 Å². The van der Waals surface area contributed by atoms with Gasteiger partial charge in [-0.15, -0.1) is 0 Å². The number of benzene rings is 8. The summed E-state index contributed by atoms with van der Waals surface area (Å²) < 4.78 is 1.15. The zero-order valence-electron chi connectivity index (χ0n) is 38.6. The van der Waals surface area contributed by atoms with Crippen LogP contribution in [0.3, 0.4) is 0 Å². The Morgan fingerprint density at radius 1 is 0.308 bits per heavy atom. The van der Waals surface area contributed by atoms with Crippen LogP contribution in [-0.2, 0) is 21.7 Å². The van der Waals surface area contributed by atoms with E-state index in [2.05, 4.69) is 246 Å². The van der Waals surface area contributed by atoms with Crippen molar-refractivity contribution < 1.29 is 18.9 Å². The van der Waals surface area contributed by atoms with Crippen molar-refractivity contribution in [2.75, 3.05) is 4.90 Å². The van der Waals surface area contributed by atoms with Gasteiger partial charge in [-0.2, -0.15) is 0 Å². The van der Waals surface area contributed by atoms with E-state index < -0.39 is 0 Å². The molecule has 0 unspecified atom stereocenters. The summed E-state index contributed by atoms with van der Waals surface area (Å²) in [6.07, 6.45) is 0. The molecule has 4 aliphatic carbocycles. The van der Waals surface area contributed by atoms with Crippen molar-refractivity contribution in [1.29, 1.82) is 0 Å². The molecule has 0 spiro atoms. The van der Waals surface area contributed by atoms with Crippen molar-refractivity contribution in [3.63, 3.8) is 0 Å². The maximum Gasteiger partial charge on any atom is 1.00 e. The molecule has 0 aromatic heterocycles. The Morgan fingerprint density at radius 3 is 0.831 bits per heavy atom. The first-order chi connectivity index (χ1) is 29.7. The summed E-state index contributed by atoms with van der Waals surface area (Å²) in [5.74, 6) is 0. The third-order valence-electron chi connectivity index (χ3n) is 15.0.